The maximum Gasteiger partial charge on any atom is 0.233 e. The van der Waals surface area contributed by atoms with Crippen LogP contribution in [-0.2, 0) is 4.79 Å². The number of thiophene rings is 1. The minimum atomic E-state index is 0.166. The summed E-state index contributed by atoms with van der Waals surface area (Å²) in [6.07, 6.45) is 1.81. The number of thioether (sulfide) groups is 1. The summed E-state index contributed by atoms with van der Waals surface area (Å²) in [5.41, 5.74) is 1.22. The van der Waals surface area contributed by atoms with Crippen LogP contribution in [0.5, 0.6) is 0 Å². The molecule has 0 atom stereocenters. The van der Waals surface area contributed by atoms with Crippen molar-refractivity contribution < 1.29 is 4.79 Å². The summed E-state index contributed by atoms with van der Waals surface area (Å²) < 4.78 is 0. The van der Waals surface area contributed by atoms with Crippen LogP contribution in [0.3, 0.4) is 0 Å². The molecular weight excluding hydrogens is 390 g/mol. The molecule has 8 heteroatoms. The molecule has 4 heterocycles. The summed E-state index contributed by atoms with van der Waals surface area (Å²) >= 11 is 3.23. The van der Waals surface area contributed by atoms with Gasteiger partial charge in [-0.05, 0) is 38.5 Å². The largest absolute Gasteiger partial charge is 0.353 e. The highest BCUT2D eigenvalue weighted by Crippen LogP contribution is 2.35. The lowest BCUT2D eigenvalue weighted by Gasteiger charge is -2.35. The lowest BCUT2D eigenvalue weighted by atomic mass is 10.2. The van der Waals surface area contributed by atoms with E-state index in [1.807, 2.05) is 36.2 Å². The standard InChI is InChI=1S/C20H23N5OS2/c1-13-14(2)28-20-18(13)19(22-15(3)23-20)27-12-17(26)25-10-8-24(9-11-25)16-6-4-5-7-21-16/h4-7H,8-12H2,1-3H3. The van der Waals surface area contributed by atoms with Crippen molar-refractivity contribution in [2.45, 2.75) is 25.8 Å². The molecule has 4 rings (SSSR count). The van der Waals surface area contributed by atoms with Gasteiger partial charge in [0.15, 0.2) is 0 Å². The molecule has 0 saturated carbocycles. The molecule has 0 bridgehead atoms. The van der Waals surface area contributed by atoms with Crippen LogP contribution >= 0.6 is 23.1 Å². The van der Waals surface area contributed by atoms with E-state index in [0.29, 0.717) is 5.75 Å². The zero-order valence-electron chi connectivity index (χ0n) is 16.3. The van der Waals surface area contributed by atoms with Crippen molar-refractivity contribution in [2.75, 3.05) is 36.8 Å². The number of rotatable bonds is 4. The van der Waals surface area contributed by atoms with E-state index in [4.69, 9.17) is 0 Å². The van der Waals surface area contributed by atoms with Crippen LogP contribution < -0.4 is 4.90 Å². The first-order valence-electron chi connectivity index (χ1n) is 9.34. The average Bonchev–Trinajstić information content (AvgIpc) is 3.00. The predicted octanol–water partition coefficient (Wildman–Crippen LogP) is 3.45. The van der Waals surface area contributed by atoms with Gasteiger partial charge in [-0.1, -0.05) is 17.8 Å². The van der Waals surface area contributed by atoms with E-state index in [9.17, 15) is 4.79 Å². The Labute approximate surface area is 173 Å². The highest BCUT2D eigenvalue weighted by atomic mass is 32.2. The van der Waals surface area contributed by atoms with E-state index >= 15 is 0 Å². The monoisotopic (exact) mass is 413 g/mol. The van der Waals surface area contributed by atoms with Crippen LogP contribution in [0.25, 0.3) is 10.2 Å². The Bertz CT molecular complexity index is 997. The molecule has 28 heavy (non-hydrogen) atoms. The number of hydrogen-bond acceptors (Lipinski definition) is 7. The number of aryl methyl sites for hydroxylation is 3. The fourth-order valence-electron chi connectivity index (χ4n) is 3.37. The van der Waals surface area contributed by atoms with Crippen LogP contribution in [0.1, 0.15) is 16.3 Å². The van der Waals surface area contributed by atoms with E-state index in [1.54, 1.807) is 11.3 Å². The molecule has 1 amide bonds. The Kier molecular flexibility index (Phi) is 5.50. The quantitative estimate of drug-likeness (QED) is 0.482. The molecular formula is C20H23N5OS2. The second-order valence-corrected chi connectivity index (χ2v) is 9.05. The summed E-state index contributed by atoms with van der Waals surface area (Å²) in [5, 5.41) is 2.02. The zero-order chi connectivity index (χ0) is 19.7. The highest BCUT2D eigenvalue weighted by Gasteiger charge is 2.22. The minimum Gasteiger partial charge on any atom is -0.353 e. The number of piperazine rings is 1. The van der Waals surface area contributed by atoms with Gasteiger partial charge in [-0.2, -0.15) is 0 Å². The van der Waals surface area contributed by atoms with Crippen LogP contribution in [0.2, 0.25) is 0 Å². The van der Waals surface area contributed by atoms with E-state index in [-0.39, 0.29) is 5.91 Å². The highest BCUT2D eigenvalue weighted by molar-refractivity contribution is 8.00. The first kappa shape index (κ1) is 19.1. The molecule has 0 spiro atoms. The summed E-state index contributed by atoms with van der Waals surface area (Å²) in [4.78, 5) is 32.8. The Balaban J connectivity index is 1.40. The Morgan fingerprint density at radius 2 is 1.93 bits per heavy atom. The van der Waals surface area contributed by atoms with Crippen molar-refractivity contribution in [1.29, 1.82) is 0 Å². The number of fused-ring (bicyclic) bond motifs is 1. The molecule has 3 aromatic rings. The van der Waals surface area contributed by atoms with Gasteiger partial charge in [0.05, 0.1) is 5.75 Å². The summed E-state index contributed by atoms with van der Waals surface area (Å²) in [5.74, 6) is 2.31. The third-order valence-electron chi connectivity index (χ3n) is 5.05. The topological polar surface area (TPSA) is 62.2 Å². The number of aromatic nitrogens is 3. The van der Waals surface area contributed by atoms with Crippen LogP contribution in [0, 0.1) is 20.8 Å². The number of carbonyl (C=O) groups excluding carboxylic acids is 1. The van der Waals surface area contributed by atoms with Gasteiger partial charge in [0, 0.05) is 42.6 Å². The van der Waals surface area contributed by atoms with Crippen molar-refractivity contribution in [3.05, 3.63) is 40.7 Å². The summed E-state index contributed by atoms with van der Waals surface area (Å²) in [6.45, 7) is 9.20. The van der Waals surface area contributed by atoms with Crippen LogP contribution in [0.15, 0.2) is 29.4 Å². The Hall–Kier alpha value is -2.19. The van der Waals surface area contributed by atoms with Gasteiger partial charge < -0.3 is 9.80 Å². The molecule has 1 aliphatic heterocycles. The number of carbonyl (C=O) groups is 1. The molecule has 0 radical (unpaired) electrons. The SMILES string of the molecule is Cc1nc(SCC(=O)N2CCN(c3ccccn3)CC2)c2c(C)c(C)sc2n1. The third-order valence-corrected chi connectivity index (χ3v) is 7.11. The molecule has 0 aromatic carbocycles. The van der Waals surface area contributed by atoms with Gasteiger partial charge >= 0.3 is 0 Å². The van der Waals surface area contributed by atoms with Gasteiger partial charge in [0.2, 0.25) is 5.91 Å². The number of amides is 1. The van der Waals surface area contributed by atoms with E-state index in [0.717, 1.165) is 53.1 Å². The van der Waals surface area contributed by atoms with Gasteiger partial charge in [0.25, 0.3) is 0 Å². The van der Waals surface area contributed by atoms with Gasteiger partial charge in [-0.3, -0.25) is 4.79 Å². The molecule has 1 fully saturated rings. The Morgan fingerprint density at radius 3 is 2.64 bits per heavy atom. The third kappa shape index (κ3) is 3.84. The summed E-state index contributed by atoms with van der Waals surface area (Å²) in [6, 6.07) is 5.93. The van der Waals surface area contributed by atoms with Gasteiger partial charge in [-0.15, -0.1) is 11.3 Å². The lowest BCUT2D eigenvalue weighted by Crippen LogP contribution is -2.49. The van der Waals surface area contributed by atoms with Gasteiger partial charge in [-0.25, -0.2) is 15.0 Å². The number of pyridine rings is 1. The van der Waals surface area contributed by atoms with Crippen molar-refractivity contribution in [1.82, 2.24) is 19.9 Å². The van der Waals surface area contributed by atoms with E-state index < -0.39 is 0 Å². The van der Waals surface area contributed by atoms with Gasteiger partial charge in [0.1, 0.15) is 21.5 Å². The minimum absolute atomic E-state index is 0.166. The molecule has 1 aliphatic rings. The number of anilines is 1. The maximum atomic E-state index is 12.8. The van der Waals surface area contributed by atoms with Crippen LogP contribution in [0.4, 0.5) is 5.82 Å². The fraction of sp³-hybridized carbons (Fsp3) is 0.400. The normalized spacial score (nSPS) is 14.7. The second-order valence-electron chi connectivity index (χ2n) is 6.88. The molecule has 146 valence electrons. The second kappa shape index (κ2) is 8.05. The lowest BCUT2D eigenvalue weighted by molar-refractivity contribution is -0.128. The number of nitrogens with zero attached hydrogens (tertiary/aromatic N) is 5. The molecule has 0 aliphatic carbocycles. The number of hydrogen-bond donors (Lipinski definition) is 0. The molecule has 3 aromatic heterocycles. The van der Waals surface area contributed by atoms with Crippen LogP contribution in [-0.4, -0.2) is 57.7 Å². The maximum absolute atomic E-state index is 12.8. The van der Waals surface area contributed by atoms with Crippen molar-refractivity contribution >= 4 is 45.0 Å². The first-order valence-corrected chi connectivity index (χ1v) is 11.1. The van der Waals surface area contributed by atoms with Crippen molar-refractivity contribution in [3.63, 3.8) is 0 Å². The summed E-state index contributed by atoms with van der Waals surface area (Å²) in [7, 11) is 0. The molecule has 6 nitrogen and oxygen atoms in total. The molecule has 0 N–H and O–H groups in total. The first-order chi connectivity index (χ1) is 13.5. The average molecular weight is 414 g/mol. The van der Waals surface area contributed by atoms with E-state index in [1.165, 1.54) is 22.2 Å². The van der Waals surface area contributed by atoms with Crippen molar-refractivity contribution in [3.8, 4) is 0 Å². The zero-order valence-corrected chi connectivity index (χ0v) is 17.9. The molecule has 0 unspecified atom stereocenters. The van der Waals surface area contributed by atoms with Crippen molar-refractivity contribution in [2.24, 2.45) is 0 Å². The molecule has 1 saturated heterocycles. The fourth-order valence-corrected chi connectivity index (χ4v) is 5.54. The Morgan fingerprint density at radius 1 is 1.14 bits per heavy atom. The van der Waals surface area contributed by atoms with E-state index in [2.05, 4.69) is 33.7 Å². The smallest absolute Gasteiger partial charge is 0.233 e. The predicted molar refractivity (Wildman–Crippen MR) is 115 cm³/mol.